The minimum absolute atomic E-state index is 0.0738. The Bertz CT molecular complexity index is 1040. The molecule has 1 aromatic carbocycles. The summed E-state index contributed by atoms with van der Waals surface area (Å²) in [4.78, 5) is 27.9. The van der Waals surface area contributed by atoms with E-state index in [1.165, 1.54) is 0 Å². The molecule has 0 atom stereocenters. The van der Waals surface area contributed by atoms with Crippen LogP contribution in [0.25, 0.3) is 0 Å². The molecule has 1 fully saturated rings. The number of hydrogen-bond donors (Lipinski definition) is 2. The van der Waals surface area contributed by atoms with Gasteiger partial charge in [-0.25, -0.2) is 4.79 Å². The second kappa shape index (κ2) is 9.44. The van der Waals surface area contributed by atoms with Crippen LogP contribution in [0, 0.1) is 17.3 Å². The number of carboxylic acid groups (broad SMARTS) is 1. The predicted octanol–water partition coefficient (Wildman–Crippen LogP) is 5.45. The molecule has 2 aromatic rings. The molecule has 0 radical (unpaired) electrons. The lowest BCUT2D eigenvalue weighted by Crippen LogP contribution is -2.43. The molecule has 0 aliphatic heterocycles. The Kier molecular flexibility index (Phi) is 7.10. The smallest absolute Gasteiger partial charge is 0.348 e. The number of carboxylic acids is 1. The summed E-state index contributed by atoms with van der Waals surface area (Å²) in [6, 6.07) is 8.21. The van der Waals surface area contributed by atoms with Crippen molar-refractivity contribution >= 4 is 40.5 Å². The van der Waals surface area contributed by atoms with Crippen molar-refractivity contribution in [3.63, 3.8) is 0 Å². The number of amides is 1. The molecule has 164 valence electrons. The number of carbonyl (C=O) groups excluding carboxylic acids is 1. The van der Waals surface area contributed by atoms with Gasteiger partial charge in [-0.3, -0.25) is 4.79 Å². The van der Waals surface area contributed by atoms with Gasteiger partial charge in [0.1, 0.15) is 4.88 Å². The summed E-state index contributed by atoms with van der Waals surface area (Å²) in [6.07, 6.45) is 1.87. The third-order valence-corrected chi connectivity index (χ3v) is 6.44. The highest BCUT2D eigenvalue weighted by Gasteiger charge is 2.34. The number of hydrogen-bond acceptors (Lipinski definition) is 4. The Hall–Kier alpha value is -2.33. The molecule has 1 saturated carbocycles. The second-order valence-electron chi connectivity index (χ2n) is 8.75. The number of halogens is 1. The molecular weight excluding hydrogens is 434 g/mol. The molecule has 0 bridgehead atoms. The number of benzene rings is 1. The number of aliphatic hydroxyl groups excluding tert-OH is 1. The fourth-order valence-corrected chi connectivity index (χ4v) is 4.64. The first kappa shape index (κ1) is 23.3. The zero-order chi connectivity index (χ0) is 22.8. The number of carbonyl (C=O) groups is 2. The van der Waals surface area contributed by atoms with Crippen LogP contribution < -0.4 is 4.90 Å². The van der Waals surface area contributed by atoms with Crippen molar-refractivity contribution in [1.82, 2.24) is 0 Å². The lowest BCUT2D eigenvalue weighted by Gasteiger charge is -2.35. The van der Waals surface area contributed by atoms with Crippen molar-refractivity contribution in [2.24, 2.45) is 5.41 Å². The quantitative estimate of drug-likeness (QED) is 0.596. The van der Waals surface area contributed by atoms with Gasteiger partial charge in [-0.1, -0.05) is 35.6 Å². The van der Waals surface area contributed by atoms with Crippen LogP contribution in [-0.4, -0.2) is 34.2 Å². The van der Waals surface area contributed by atoms with E-state index >= 15 is 0 Å². The van der Waals surface area contributed by atoms with Crippen LogP contribution in [0.2, 0.25) is 5.02 Å². The van der Waals surface area contributed by atoms with E-state index in [4.69, 9.17) is 11.6 Å². The van der Waals surface area contributed by atoms with Crippen LogP contribution in [0.5, 0.6) is 0 Å². The van der Waals surface area contributed by atoms with E-state index in [1.807, 2.05) is 20.8 Å². The highest BCUT2D eigenvalue weighted by Crippen LogP contribution is 2.37. The van der Waals surface area contributed by atoms with Crippen molar-refractivity contribution in [2.45, 2.75) is 58.6 Å². The van der Waals surface area contributed by atoms with E-state index in [0.29, 0.717) is 46.8 Å². The van der Waals surface area contributed by atoms with E-state index in [1.54, 1.807) is 35.2 Å². The SMILES string of the molecule is CC(C)(C)C#Cc1cc(N(C(=O)c2ccccc2Cl)[C@H]2CC[C@H](O)CC2)c(C(=O)O)s1. The van der Waals surface area contributed by atoms with Gasteiger partial charge in [-0.15, -0.1) is 11.3 Å². The number of aromatic carboxylic acids is 1. The fourth-order valence-electron chi connectivity index (χ4n) is 3.58. The lowest BCUT2D eigenvalue weighted by molar-refractivity contribution is 0.0702. The predicted molar refractivity (Wildman–Crippen MR) is 124 cm³/mol. The van der Waals surface area contributed by atoms with Gasteiger partial charge in [0.2, 0.25) is 0 Å². The Morgan fingerprint density at radius 1 is 1.16 bits per heavy atom. The number of rotatable bonds is 4. The molecule has 0 unspecified atom stereocenters. The van der Waals surface area contributed by atoms with Crippen LogP contribution in [-0.2, 0) is 0 Å². The van der Waals surface area contributed by atoms with Gasteiger partial charge in [0.15, 0.2) is 0 Å². The zero-order valence-electron chi connectivity index (χ0n) is 17.8. The van der Waals surface area contributed by atoms with Gasteiger partial charge in [0.05, 0.1) is 27.3 Å². The van der Waals surface area contributed by atoms with Crippen LogP contribution >= 0.6 is 22.9 Å². The Morgan fingerprint density at radius 2 is 1.81 bits per heavy atom. The number of aliphatic hydroxyl groups is 1. The van der Waals surface area contributed by atoms with Crippen molar-refractivity contribution in [1.29, 1.82) is 0 Å². The normalized spacial score (nSPS) is 18.7. The topological polar surface area (TPSA) is 77.8 Å². The summed E-state index contributed by atoms with van der Waals surface area (Å²) < 4.78 is 0. The Labute approximate surface area is 191 Å². The molecule has 31 heavy (non-hydrogen) atoms. The number of anilines is 1. The fraction of sp³-hybridized carbons (Fsp3) is 0.417. The average Bonchev–Trinajstić information content (AvgIpc) is 3.12. The molecule has 1 aromatic heterocycles. The lowest BCUT2D eigenvalue weighted by atomic mass is 9.91. The minimum atomic E-state index is -1.10. The first-order valence-electron chi connectivity index (χ1n) is 10.2. The minimum Gasteiger partial charge on any atom is -0.477 e. The molecule has 1 aliphatic rings. The molecular formula is C24H26ClNO4S. The molecule has 0 saturated heterocycles. The Morgan fingerprint density at radius 3 is 2.39 bits per heavy atom. The summed E-state index contributed by atoms with van der Waals surface area (Å²) in [5.74, 6) is 4.73. The molecule has 0 spiro atoms. The molecule has 2 N–H and O–H groups in total. The van der Waals surface area contributed by atoms with Crippen LogP contribution in [0.15, 0.2) is 30.3 Å². The van der Waals surface area contributed by atoms with Crippen LogP contribution in [0.1, 0.15) is 71.4 Å². The van der Waals surface area contributed by atoms with Crippen molar-refractivity contribution in [2.75, 3.05) is 4.90 Å². The summed E-state index contributed by atoms with van der Waals surface area (Å²) in [6.45, 7) is 5.94. The highest BCUT2D eigenvalue weighted by molar-refractivity contribution is 7.15. The summed E-state index contributed by atoms with van der Waals surface area (Å²) in [5, 5.41) is 20.1. The van der Waals surface area contributed by atoms with Crippen LogP contribution in [0.3, 0.4) is 0 Å². The molecule has 1 amide bonds. The molecule has 7 heteroatoms. The number of nitrogens with zero attached hydrogens (tertiary/aromatic N) is 1. The van der Waals surface area contributed by atoms with Crippen molar-refractivity contribution in [3.8, 4) is 11.8 Å². The molecule has 1 heterocycles. The monoisotopic (exact) mass is 459 g/mol. The molecule has 1 aliphatic carbocycles. The third-order valence-electron chi connectivity index (χ3n) is 5.08. The van der Waals surface area contributed by atoms with E-state index in [2.05, 4.69) is 11.8 Å². The highest BCUT2D eigenvalue weighted by atomic mass is 35.5. The second-order valence-corrected chi connectivity index (χ2v) is 10.2. The maximum absolute atomic E-state index is 13.6. The summed E-state index contributed by atoms with van der Waals surface area (Å²) in [7, 11) is 0. The van der Waals surface area contributed by atoms with Gasteiger partial charge < -0.3 is 15.1 Å². The van der Waals surface area contributed by atoms with E-state index < -0.39 is 12.1 Å². The maximum Gasteiger partial charge on any atom is 0.348 e. The van der Waals surface area contributed by atoms with E-state index in [9.17, 15) is 19.8 Å². The van der Waals surface area contributed by atoms with Gasteiger partial charge in [0.25, 0.3) is 5.91 Å². The average molecular weight is 460 g/mol. The third kappa shape index (κ3) is 5.68. The van der Waals surface area contributed by atoms with E-state index in [0.717, 1.165) is 11.3 Å². The summed E-state index contributed by atoms with van der Waals surface area (Å²) >= 11 is 7.37. The maximum atomic E-state index is 13.6. The first-order valence-corrected chi connectivity index (χ1v) is 11.4. The van der Waals surface area contributed by atoms with Gasteiger partial charge in [-0.05, 0) is 64.7 Å². The number of thiophene rings is 1. The van der Waals surface area contributed by atoms with Crippen molar-refractivity contribution < 1.29 is 19.8 Å². The van der Waals surface area contributed by atoms with Crippen LogP contribution in [0.4, 0.5) is 5.69 Å². The van der Waals surface area contributed by atoms with Gasteiger partial charge >= 0.3 is 5.97 Å². The van der Waals surface area contributed by atoms with Gasteiger partial charge in [0, 0.05) is 11.5 Å². The Balaban J connectivity index is 2.11. The first-order chi connectivity index (χ1) is 14.6. The zero-order valence-corrected chi connectivity index (χ0v) is 19.4. The molecule has 5 nitrogen and oxygen atoms in total. The largest absolute Gasteiger partial charge is 0.477 e. The molecule has 3 rings (SSSR count). The van der Waals surface area contributed by atoms with Crippen molar-refractivity contribution in [3.05, 3.63) is 50.7 Å². The summed E-state index contributed by atoms with van der Waals surface area (Å²) in [5.41, 5.74) is 0.419. The standard InChI is InChI=1S/C24H26ClNO4S/c1-24(2,3)13-12-17-14-20(21(31-17)23(29)30)26(15-8-10-16(27)11-9-15)22(28)18-6-4-5-7-19(18)25/h4-7,14-16,27H,8-11H2,1-3H3,(H,29,30)/t15-,16-. The van der Waals surface area contributed by atoms with Gasteiger partial charge in [-0.2, -0.15) is 0 Å². The van der Waals surface area contributed by atoms with E-state index in [-0.39, 0.29) is 22.2 Å².